The van der Waals surface area contributed by atoms with E-state index in [0.717, 1.165) is 5.92 Å². The zero-order valence-electron chi connectivity index (χ0n) is 9.58. The molecule has 1 aliphatic rings. The molecule has 0 nitrogen and oxygen atoms in total. The van der Waals surface area contributed by atoms with Crippen molar-refractivity contribution in [3.8, 4) is 0 Å². The van der Waals surface area contributed by atoms with Gasteiger partial charge < -0.3 is 0 Å². The molecule has 1 aromatic rings. The van der Waals surface area contributed by atoms with Gasteiger partial charge in [-0.3, -0.25) is 0 Å². The summed E-state index contributed by atoms with van der Waals surface area (Å²) >= 11 is 5.06. The number of allylic oxidation sites excluding steroid dienone is 1. The molecule has 0 N–H and O–H groups in total. The second kappa shape index (κ2) is 8.41. The van der Waals surface area contributed by atoms with Gasteiger partial charge in [-0.2, -0.15) is 0 Å². The van der Waals surface area contributed by atoms with Crippen molar-refractivity contribution in [2.75, 3.05) is 0 Å². The summed E-state index contributed by atoms with van der Waals surface area (Å²) in [6.45, 7) is 4.57. The van der Waals surface area contributed by atoms with E-state index in [0.29, 0.717) is 5.92 Å². The first kappa shape index (κ1) is 15.4. The summed E-state index contributed by atoms with van der Waals surface area (Å²) in [5.74, 6) is 1.44. The van der Waals surface area contributed by atoms with Crippen LogP contribution in [0.2, 0.25) is 0 Å². The van der Waals surface area contributed by atoms with Crippen LogP contribution < -0.4 is 0 Å². The number of fused-ring (bicyclic) bond motifs is 1. The van der Waals surface area contributed by atoms with Gasteiger partial charge in [0.05, 0.1) is 0 Å². The molecule has 2 rings (SSSR count). The fourth-order valence-electron chi connectivity index (χ4n) is 2.04. The topological polar surface area (TPSA) is 0 Å². The van der Waals surface area contributed by atoms with Crippen LogP contribution in [0.25, 0.3) is 6.08 Å². The van der Waals surface area contributed by atoms with Crippen LogP contribution in [0.15, 0.2) is 30.3 Å². The molecule has 0 aliphatic heterocycles. The minimum absolute atomic E-state index is 0.170. The number of rotatable bonds is 2. The van der Waals surface area contributed by atoms with Crippen molar-refractivity contribution in [1.29, 1.82) is 0 Å². The Labute approximate surface area is 129 Å². The summed E-state index contributed by atoms with van der Waals surface area (Å²) in [4.78, 5) is 0. The average Bonchev–Trinajstić information content (AvgIpc) is 2.63. The van der Waals surface area contributed by atoms with Crippen LogP contribution in [0.4, 0.5) is 0 Å². The van der Waals surface area contributed by atoms with Crippen LogP contribution >= 0.6 is 36.1 Å². The Hall–Kier alpha value is 1.30. The number of benzene rings is 1. The third-order valence-corrected chi connectivity index (χ3v) is 2.63. The predicted octanol–water partition coefficient (Wildman–Crippen LogP) is 5.61. The van der Waals surface area contributed by atoms with Crippen molar-refractivity contribution < 1.29 is 14.9 Å². The fourth-order valence-corrected chi connectivity index (χ4v) is 2.04. The Kier molecular flexibility index (Phi) is 8.08. The van der Waals surface area contributed by atoms with E-state index in [-0.39, 0.29) is 14.9 Å². The third kappa shape index (κ3) is 4.89. The van der Waals surface area contributed by atoms with Gasteiger partial charge in [0, 0.05) is 5.92 Å². The monoisotopic (exact) mass is 516 g/mol. The molecule has 1 aliphatic carbocycles. The molecule has 0 spiro atoms. The summed E-state index contributed by atoms with van der Waals surface area (Å²) in [6, 6.07) is 8.70. The van der Waals surface area contributed by atoms with Gasteiger partial charge in [-0.05, 0) is 23.5 Å². The number of hydrogen-bond acceptors (Lipinski definition) is 0. The summed E-state index contributed by atoms with van der Waals surface area (Å²) in [5.41, 5.74) is 2.92. The van der Waals surface area contributed by atoms with Gasteiger partial charge in [-0.15, -0.1) is 0 Å². The van der Waals surface area contributed by atoms with Gasteiger partial charge in [-0.25, -0.2) is 0 Å². The van der Waals surface area contributed by atoms with Crippen LogP contribution in [0.5, 0.6) is 0 Å². The molecule has 86 valence electrons. The van der Waals surface area contributed by atoms with Gasteiger partial charge in [0.15, 0.2) is 0 Å². The summed E-state index contributed by atoms with van der Waals surface area (Å²) in [6.07, 6.45) is 5.86. The van der Waals surface area contributed by atoms with E-state index in [9.17, 15) is 0 Å². The molecule has 0 amide bonds. The summed E-state index contributed by atoms with van der Waals surface area (Å²) in [5, 5.41) is 0. The van der Waals surface area contributed by atoms with Gasteiger partial charge in [0.2, 0.25) is 0 Å². The maximum absolute atomic E-state index is 2.45. The normalized spacial score (nSPS) is 16.7. The standard InChI is InChI=1S/C13H16.2HI.Zr/c1-10(2)9-12-8-7-11-5-3-4-6-13(11)12;;;/h3-8,10,12H,9H2,1-2H3;2*1H;/q;;;+2/p-2. The third-order valence-electron chi connectivity index (χ3n) is 2.63. The van der Waals surface area contributed by atoms with Crippen molar-refractivity contribution >= 4 is 42.2 Å². The Morgan fingerprint density at radius 3 is 2.50 bits per heavy atom. The summed E-state index contributed by atoms with van der Waals surface area (Å²) in [7, 11) is 0. The van der Waals surface area contributed by atoms with E-state index < -0.39 is 0 Å². The Balaban J connectivity index is 0.000000386. The quantitative estimate of drug-likeness (QED) is 0.448. The average molecular weight is 517 g/mol. The first-order valence-electron chi connectivity index (χ1n) is 5.42. The molecule has 16 heavy (non-hydrogen) atoms. The van der Waals surface area contributed by atoms with E-state index in [1.807, 2.05) is 0 Å². The van der Waals surface area contributed by atoms with Gasteiger partial charge in [-0.1, -0.05) is 50.3 Å². The molecule has 0 aromatic heterocycles. The molecule has 1 unspecified atom stereocenters. The van der Waals surface area contributed by atoms with Crippen molar-refractivity contribution in [2.45, 2.75) is 26.2 Å². The van der Waals surface area contributed by atoms with Crippen LogP contribution in [-0.2, 0) is 14.9 Å². The molecule has 1 atom stereocenters. The van der Waals surface area contributed by atoms with Gasteiger partial charge >= 0.3 is 50.9 Å². The minimum atomic E-state index is 0.170. The van der Waals surface area contributed by atoms with Gasteiger partial charge in [0.25, 0.3) is 0 Å². The zero-order chi connectivity index (χ0) is 12.0. The van der Waals surface area contributed by atoms with Gasteiger partial charge in [0.1, 0.15) is 0 Å². The molecular formula is C13H16I2Zr. The summed E-state index contributed by atoms with van der Waals surface area (Å²) < 4.78 is 0. The Bertz CT molecular complexity index is 348. The fraction of sp³-hybridized carbons (Fsp3) is 0.385. The predicted molar refractivity (Wildman–Crippen MR) is 85.7 cm³/mol. The molecule has 0 saturated heterocycles. The molecule has 3 heteroatoms. The zero-order valence-corrected chi connectivity index (χ0v) is 16.4. The molecule has 0 fully saturated rings. The number of halogens is 2. The molecule has 0 saturated carbocycles. The SMILES string of the molecule is CC(C)CC1C=Cc2ccccc21.[I][Zr][I]. The second-order valence-electron chi connectivity index (χ2n) is 4.30. The van der Waals surface area contributed by atoms with Crippen LogP contribution in [0, 0.1) is 5.92 Å². The first-order valence-corrected chi connectivity index (χ1v) is 20.0. The maximum atomic E-state index is 2.45. The van der Waals surface area contributed by atoms with Crippen molar-refractivity contribution in [1.82, 2.24) is 0 Å². The van der Waals surface area contributed by atoms with E-state index in [1.165, 1.54) is 17.5 Å². The van der Waals surface area contributed by atoms with Crippen molar-refractivity contribution in [3.63, 3.8) is 0 Å². The molecule has 0 radical (unpaired) electrons. The molecular weight excluding hydrogens is 501 g/mol. The molecule has 1 aromatic carbocycles. The van der Waals surface area contributed by atoms with Crippen molar-refractivity contribution in [2.24, 2.45) is 5.92 Å². The molecule has 0 bridgehead atoms. The van der Waals surface area contributed by atoms with Crippen molar-refractivity contribution in [3.05, 3.63) is 41.5 Å². The van der Waals surface area contributed by atoms with Crippen LogP contribution in [-0.4, -0.2) is 0 Å². The van der Waals surface area contributed by atoms with E-state index >= 15 is 0 Å². The Morgan fingerprint density at radius 2 is 1.88 bits per heavy atom. The second-order valence-corrected chi connectivity index (χ2v) is 23.2. The van der Waals surface area contributed by atoms with Crippen LogP contribution in [0.3, 0.4) is 0 Å². The van der Waals surface area contributed by atoms with E-state index in [2.05, 4.69) is 86.4 Å². The molecule has 0 heterocycles. The van der Waals surface area contributed by atoms with Crippen LogP contribution in [0.1, 0.15) is 37.3 Å². The first-order chi connectivity index (χ1) is 7.69. The Morgan fingerprint density at radius 1 is 1.25 bits per heavy atom. The van der Waals surface area contributed by atoms with E-state index in [4.69, 9.17) is 0 Å². The van der Waals surface area contributed by atoms with E-state index in [1.54, 1.807) is 0 Å². The number of hydrogen-bond donors (Lipinski definition) is 0.